The van der Waals surface area contributed by atoms with Gasteiger partial charge in [0.2, 0.25) is 18.9 Å². The topological polar surface area (TPSA) is 636 Å². The van der Waals surface area contributed by atoms with E-state index in [1.54, 1.807) is 20.8 Å². The van der Waals surface area contributed by atoms with E-state index in [1.807, 2.05) is 13.8 Å². The van der Waals surface area contributed by atoms with Crippen molar-refractivity contribution in [2.24, 2.45) is 56.2 Å². The van der Waals surface area contributed by atoms with Crippen LogP contribution in [0.25, 0.3) is 0 Å². The average Bonchev–Trinajstić information content (AvgIpc) is 0.843. The molecule has 10 rings (SSSR count). The predicted molar refractivity (Wildman–Crippen MR) is 382 cm³/mol. The number of aliphatic hydroxyl groups is 22. The van der Waals surface area contributed by atoms with Crippen molar-refractivity contribution in [1.29, 1.82) is 0 Å². The number of aliphatic hydroxyl groups excluding tert-OH is 20. The van der Waals surface area contributed by atoms with Gasteiger partial charge in [0.05, 0.1) is 87.9 Å². The first-order chi connectivity index (χ1) is 53.6. The van der Waals surface area contributed by atoms with Crippen LogP contribution in [0.4, 0.5) is 0 Å². The third-order valence-electron chi connectivity index (χ3n) is 27.7. The summed E-state index contributed by atoms with van der Waals surface area (Å²) in [7, 11) is 0. The molecule has 0 aromatic heterocycles. The summed E-state index contributed by atoms with van der Waals surface area (Å²) in [5.74, 6) is -9.36. The Morgan fingerprint density at radius 2 is 1.29 bits per heavy atom. The lowest BCUT2D eigenvalue weighted by atomic mass is 9.33. The molecule has 9 fully saturated rings. The second-order valence-corrected chi connectivity index (χ2v) is 35.4. The number of aliphatic carboxylic acids is 1. The molecule has 0 aromatic carbocycles. The highest BCUT2D eigenvalue weighted by atomic mass is 16.8. The van der Waals surface area contributed by atoms with Crippen molar-refractivity contribution in [2.45, 2.75) is 343 Å². The number of rotatable bonds is 31. The summed E-state index contributed by atoms with van der Waals surface area (Å²) in [6, 6.07) is 0. The molecule has 0 amide bonds. The number of carboxylic acid groups (broad SMARTS) is 1. The first-order valence-corrected chi connectivity index (χ1v) is 39.7. The molecular formula is C76H124O39. The molecule has 5 aliphatic heterocycles. The largest absolute Gasteiger partial charge is 0.505 e. The van der Waals surface area contributed by atoms with Gasteiger partial charge in [0.1, 0.15) is 109 Å². The van der Waals surface area contributed by atoms with Crippen LogP contribution >= 0.6 is 0 Å². The van der Waals surface area contributed by atoms with Crippen LogP contribution in [0.2, 0.25) is 0 Å². The van der Waals surface area contributed by atoms with E-state index in [-0.39, 0.29) is 51.0 Å². The Morgan fingerprint density at radius 3 is 1.88 bits per heavy atom. The summed E-state index contributed by atoms with van der Waals surface area (Å²) in [5, 5.41) is 255. The van der Waals surface area contributed by atoms with Crippen LogP contribution in [0, 0.1) is 56.2 Å². The molecular weight excluding hydrogens is 1540 g/mol. The summed E-state index contributed by atoms with van der Waals surface area (Å²) in [5.41, 5.74) is -7.40. The van der Waals surface area contributed by atoms with Crippen LogP contribution in [-0.4, -0.2) is 359 Å². The second kappa shape index (κ2) is 36.1. The van der Waals surface area contributed by atoms with Crippen molar-refractivity contribution in [3.8, 4) is 0 Å². The van der Waals surface area contributed by atoms with Gasteiger partial charge in [-0.05, 0) is 117 Å². The number of esters is 1. The Balaban J connectivity index is 0.926. The summed E-state index contributed by atoms with van der Waals surface area (Å²) in [6.45, 7) is 14.0. The molecule has 662 valence electrons. The SMILES string of the molecule is CCC(OC1CC(O)(OC2OCC(O)(CO)C2O)CCO1)/C(OC1OC(CO)C(O)C(O)C1O)=C(/O)C(O)OC1C(OC(=O)[C@]23CCC(C)(C)CC2C2=CCC4[C@@]5(C)CC[C@H](OC(O)C(OC6OC(CO)C(O)C(O)C6O)C(OC(O)C(O)C(O)C(C)O)C(O)CC(=O)O)[C@@](C)(C=O)C5CC[C@@]4(C)[C@]2(C)C[C@H]3O)OC(C)C(C)C1O. The van der Waals surface area contributed by atoms with Crippen molar-refractivity contribution >= 4 is 18.2 Å². The zero-order valence-corrected chi connectivity index (χ0v) is 66.3. The highest BCUT2D eigenvalue weighted by molar-refractivity contribution is 5.80. The van der Waals surface area contributed by atoms with Gasteiger partial charge in [-0.25, -0.2) is 0 Å². The van der Waals surface area contributed by atoms with Crippen LogP contribution in [0.3, 0.4) is 0 Å². The normalized spacial score (nSPS) is 46.2. The average molecular weight is 1660 g/mol. The fourth-order valence-corrected chi connectivity index (χ4v) is 20.2. The third-order valence-corrected chi connectivity index (χ3v) is 27.7. The van der Waals surface area contributed by atoms with Gasteiger partial charge in [0.25, 0.3) is 0 Å². The molecule has 10 aliphatic rings. The monoisotopic (exact) mass is 1660 g/mol. The lowest BCUT2D eigenvalue weighted by Gasteiger charge is -2.71. The number of carboxylic acids is 1. The molecule has 39 nitrogen and oxygen atoms in total. The van der Waals surface area contributed by atoms with Gasteiger partial charge < -0.3 is 184 Å². The molecule has 40 atom stereocenters. The van der Waals surface area contributed by atoms with E-state index >= 15 is 4.79 Å². The lowest BCUT2D eigenvalue weighted by Crippen LogP contribution is -2.68. The molecule has 33 unspecified atom stereocenters. The number of carbonyl (C=O) groups excluding carboxylic acids is 2. The minimum Gasteiger partial charge on any atom is -0.505 e. The van der Waals surface area contributed by atoms with E-state index in [2.05, 4.69) is 26.8 Å². The van der Waals surface area contributed by atoms with Crippen molar-refractivity contribution < 1.29 is 193 Å². The number of aldehydes is 1. The van der Waals surface area contributed by atoms with Crippen LogP contribution in [0.15, 0.2) is 23.2 Å². The standard InChI is InChI=1S/C76H124O39/c1-11-37(106-45-25-75(102,20-21-103-45)115-67-60(96)74(101,29-80)30-104-67)57(112-64-53(93)50(90)48(88)38(26-77)107-64)55(95)62(98)111-58-46(86)31(2)33(4)105-66(58)114-68(100)76-19-18-69(5,6)23-35(76)34-12-13-41-70(7)16-15-43(71(8,28-79)40(70)14-17-72(41,9)73(34,10)24-42(76)83)109-63(99)59(113-65-54(94)51(91)49(89)39(27-78)108-65)56(36(82)22-44(84)85)110-61(97)52(92)47(87)32(3)81/h12,28,31-33,35-43,45-54,56,58-67,77-78,80-83,86-99,101-102H,11,13-27,29-30H2,1-10H3,(H,84,85)/b57-55-/t31?,32?,33?,35?,36?,37?,38?,39?,40?,41?,42-,43+,45?,46?,47?,48?,49?,50?,51?,52?,53?,54?,56?,58?,59?,60?,61?,62?,63?,64?,65?,66?,67?,70+,71+,72-,73-,74?,75?,76-/m1/s1. The fraction of sp³-hybridized carbons (Fsp3) is 0.908. The molecule has 0 aromatic rings. The Hall–Kier alpha value is -3.59. The summed E-state index contributed by atoms with van der Waals surface area (Å²) >= 11 is 0. The first kappa shape index (κ1) is 93.7. The summed E-state index contributed by atoms with van der Waals surface area (Å²) in [6.07, 6.45) is -53.7. The van der Waals surface area contributed by atoms with Crippen LogP contribution in [-0.2, 0) is 76.0 Å². The minimum atomic E-state index is -2.62. The van der Waals surface area contributed by atoms with Crippen molar-refractivity contribution in [1.82, 2.24) is 0 Å². The van der Waals surface area contributed by atoms with Crippen molar-refractivity contribution in [3.05, 3.63) is 23.2 Å². The number of carbonyl (C=O) groups is 3. The second-order valence-electron chi connectivity index (χ2n) is 35.4. The van der Waals surface area contributed by atoms with Gasteiger partial charge in [0.15, 0.2) is 48.8 Å². The lowest BCUT2D eigenvalue weighted by molar-refractivity contribution is -0.358. The number of hydrogen-bond acceptors (Lipinski definition) is 38. The molecule has 115 heavy (non-hydrogen) atoms. The minimum absolute atomic E-state index is 0.00580. The highest BCUT2D eigenvalue weighted by Crippen LogP contribution is 2.76. The van der Waals surface area contributed by atoms with Gasteiger partial charge in [-0.15, -0.1) is 0 Å². The van der Waals surface area contributed by atoms with Crippen LogP contribution in [0.1, 0.15) is 153 Å². The predicted octanol–water partition coefficient (Wildman–Crippen LogP) is -4.88. The van der Waals surface area contributed by atoms with E-state index < -0.39 is 303 Å². The maximum absolute atomic E-state index is 16.0. The number of allylic oxidation sites excluding steroid dienone is 2. The Labute approximate surface area is 664 Å². The molecule has 23 N–H and O–H groups in total. The molecule has 39 heteroatoms. The quantitative estimate of drug-likeness (QED) is 0.0102. The number of hydrogen-bond donors (Lipinski definition) is 23. The first-order valence-electron chi connectivity index (χ1n) is 39.7. The van der Waals surface area contributed by atoms with Gasteiger partial charge in [-0.3, -0.25) is 9.59 Å². The molecule has 5 aliphatic carbocycles. The third kappa shape index (κ3) is 17.7. The molecule has 0 radical (unpaired) electrons. The van der Waals surface area contributed by atoms with Crippen LogP contribution in [0.5, 0.6) is 0 Å². The maximum atomic E-state index is 16.0. The Bertz CT molecular complexity index is 3350. The number of ether oxygens (including phenoxy) is 13. The zero-order valence-electron chi connectivity index (χ0n) is 66.3. The zero-order chi connectivity index (χ0) is 85.3. The van der Waals surface area contributed by atoms with E-state index in [0.29, 0.717) is 38.4 Å². The van der Waals surface area contributed by atoms with E-state index in [9.17, 15) is 127 Å². The van der Waals surface area contributed by atoms with E-state index in [1.165, 1.54) is 6.92 Å². The smallest absolute Gasteiger partial charge is 0.317 e. The van der Waals surface area contributed by atoms with Crippen molar-refractivity contribution in [2.75, 3.05) is 33.0 Å². The van der Waals surface area contributed by atoms with Gasteiger partial charge in [-0.2, -0.15) is 0 Å². The fourth-order valence-electron chi connectivity index (χ4n) is 20.2. The molecule has 0 spiro atoms. The Kier molecular flexibility index (Phi) is 29.4. The number of fused-ring (bicyclic) bond motifs is 7. The summed E-state index contributed by atoms with van der Waals surface area (Å²) < 4.78 is 77.3. The molecule has 0 bridgehead atoms. The van der Waals surface area contributed by atoms with Gasteiger partial charge in [0, 0.05) is 12.3 Å². The molecule has 5 heterocycles. The van der Waals surface area contributed by atoms with Crippen LogP contribution < -0.4 is 0 Å². The van der Waals surface area contributed by atoms with Gasteiger partial charge in [-0.1, -0.05) is 67.0 Å². The van der Waals surface area contributed by atoms with E-state index in [0.717, 1.165) is 12.5 Å². The van der Waals surface area contributed by atoms with E-state index in [4.69, 9.17) is 61.6 Å². The highest BCUT2D eigenvalue weighted by Gasteiger charge is 2.73. The summed E-state index contributed by atoms with van der Waals surface area (Å²) in [4.78, 5) is 42.3. The molecule has 4 saturated carbocycles. The molecule has 5 saturated heterocycles. The van der Waals surface area contributed by atoms with Gasteiger partial charge >= 0.3 is 11.9 Å². The Morgan fingerprint density at radius 1 is 0.652 bits per heavy atom. The van der Waals surface area contributed by atoms with Crippen molar-refractivity contribution in [3.63, 3.8) is 0 Å². The maximum Gasteiger partial charge on any atom is 0.317 e.